The predicted molar refractivity (Wildman–Crippen MR) is 57.7 cm³/mol. The van der Waals surface area contributed by atoms with Crippen LogP contribution < -0.4 is 0 Å². The molecule has 1 saturated heterocycles. The number of rotatable bonds is 6. The summed E-state index contributed by atoms with van der Waals surface area (Å²) >= 11 is 0. The maximum atomic E-state index is 10.8. The second kappa shape index (κ2) is 7.65. The molecule has 0 aromatic heterocycles. The van der Waals surface area contributed by atoms with Gasteiger partial charge in [0.15, 0.2) is 0 Å². The fourth-order valence-corrected chi connectivity index (χ4v) is 1.71. The first-order valence-corrected chi connectivity index (χ1v) is 5.70. The van der Waals surface area contributed by atoms with Crippen molar-refractivity contribution in [2.24, 2.45) is 0 Å². The fraction of sp³-hybridized carbons (Fsp3) is 0.909. The van der Waals surface area contributed by atoms with Crippen LogP contribution in [0.25, 0.3) is 0 Å². The largest absolute Gasteiger partial charge is 0.469 e. The van der Waals surface area contributed by atoms with Crippen molar-refractivity contribution in [2.75, 3.05) is 40.0 Å². The molecule has 1 fully saturated rings. The van der Waals surface area contributed by atoms with Crippen molar-refractivity contribution in [2.45, 2.75) is 25.7 Å². The molecule has 4 nitrogen and oxygen atoms in total. The number of nitrogens with zero attached hydrogens (tertiary/aromatic N) is 1. The first-order chi connectivity index (χ1) is 7.33. The predicted octanol–water partition coefficient (Wildman–Crippen LogP) is 1.05. The van der Waals surface area contributed by atoms with Gasteiger partial charge in [-0.15, -0.1) is 0 Å². The Bertz CT molecular complexity index is 179. The smallest absolute Gasteiger partial charge is 0.305 e. The van der Waals surface area contributed by atoms with E-state index in [0.29, 0.717) is 6.42 Å². The zero-order valence-corrected chi connectivity index (χ0v) is 9.54. The lowest BCUT2D eigenvalue weighted by Crippen LogP contribution is -2.36. The highest BCUT2D eigenvalue weighted by Crippen LogP contribution is 2.04. The Kier molecular flexibility index (Phi) is 6.36. The van der Waals surface area contributed by atoms with Gasteiger partial charge >= 0.3 is 5.97 Å². The van der Waals surface area contributed by atoms with E-state index in [2.05, 4.69) is 9.64 Å². The number of hydrogen-bond donors (Lipinski definition) is 0. The third-order valence-electron chi connectivity index (χ3n) is 2.69. The topological polar surface area (TPSA) is 38.8 Å². The van der Waals surface area contributed by atoms with E-state index in [1.54, 1.807) is 0 Å². The standard InChI is InChI=1S/C11H21NO3/c1-14-11(13)5-3-2-4-6-12-7-9-15-10-8-12/h2-10H2,1H3. The lowest BCUT2D eigenvalue weighted by atomic mass is 10.2. The number of esters is 1. The van der Waals surface area contributed by atoms with Gasteiger partial charge in [0.05, 0.1) is 20.3 Å². The highest BCUT2D eigenvalue weighted by atomic mass is 16.5. The Balaban J connectivity index is 1.89. The molecule has 1 rings (SSSR count). The molecule has 88 valence electrons. The molecule has 0 bridgehead atoms. The van der Waals surface area contributed by atoms with Crippen LogP contribution in [0.5, 0.6) is 0 Å². The molecule has 0 aromatic rings. The summed E-state index contributed by atoms with van der Waals surface area (Å²) in [6, 6.07) is 0. The highest BCUT2D eigenvalue weighted by molar-refractivity contribution is 5.68. The molecular weight excluding hydrogens is 194 g/mol. The Morgan fingerprint density at radius 3 is 2.67 bits per heavy atom. The first-order valence-electron chi connectivity index (χ1n) is 5.70. The van der Waals surface area contributed by atoms with Gasteiger partial charge in [-0.25, -0.2) is 0 Å². The van der Waals surface area contributed by atoms with Gasteiger partial charge in [-0.1, -0.05) is 6.42 Å². The van der Waals surface area contributed by atoms with Crippen LogP contribution in [0.2, 0.25) is 0 Å². The summed E-state index contributed by atoms with van der Waals surface area (Å²) in [6.45, 7) is 4.96. The summed E-state index contributed by atoms with van der Waals surface area (Å²) in [4.78, 5) is 13.2. The normalized spacial score (nSPS) is 17.7. The average molecular weight is 215 g/mol. The first kappa shape index (κ1) is 12.5. The molecule has 1 aliphatic heterocycles. The van der Waals surface area contributed by atoms with Crippen molar-refractivity contribution in [3.63, 3.8) is 0 Å². The van der Waals surface area contributed by atoms with E-state index >= 15 is 0 Å². The van der Waals surface area contributed by atoms with Gasteiger partial charge in [0.2, 0.25) is 0 Å². The molecule has 0 amide bonds. The van der Waals surface area contributed by atoms with E-state index in [4.69, 9.17) is 4.74 Å². The third kappa shape index (κ3) is 5.74. The summed E-state index contributed by atoms with van der Waals surface area (Å²) in [5.41, 5.74) is 0. The third-order valence-corrected chi connectivity index (χ3v) is 2.69. The molecule has 4 heteroatoms. The maximum Gasteiger partial charge on any atom is 0.305 e. The van der Waals surface area contributed by atoms with Gasteiger partial charge in [-0.05, 0) is 19.4 Å². The SMILES string of the molecule is COC(=O)CCCCCN1CCOCC1. The molecule has 0 unspecified atom stereocenters. The summed E-state index contributed by atoms with van der Waals surface area (Å²) in [6.07, 6.45) is 3.76. The van der Waals surface area contributed by atoms with Crippen molar-refractivity contribution in [1.29, 1.82) is 0 Å². The summed E-state index contributed by atoms with van der Waals surface area (Å²) in [7, 11) is 1.44. The zero-order valence-electron chi connectivity index (χ0n) is 9.54. The lowest BCUT2D eigenvalue weighted by Gasteiger charge is -2.26. The minimum atomic E-state index is -0.0960. The monoisotopic (exact) mass is 215 g/mol. The molecule has 0 atom stereocenters. The molecular formula is C11H21NO3. The van der Waals surface area contributed by atoms with Crippen molar-refractivity contribution in [1.82, 2.24) is 4.90 Å². The minimum Gasteiger partial charge on any atom is -0.469 e. The van der Waals surface area contributed by atoms with E-state index in [-0.39, 0.29) is 5.97 Å². The summed E-state index contributed by atoms with van der Waals surface area (Å²) in [5, 5.41) is 0. The molecule has 1 heterocycles. The molecule has 0 aromatic carbocycles. The Hall–Kier alpha value is -0.610. The van der Waals surface area contributed by atoms with Crippen molar-refractivity contribution in [3.8, 4) is 0 Å². The van der Waals surface area contributed by atoms with Crippen molar-refractivity contribution >= 4 is 5.97 Å². The molecule has 0 spiro atoms. The highest BCUT2D eigenvalue weighted by Gasteiger charge is 2.09. The molecule has 0 radical (unpaired) electrons. The van der Waals surface area contributed by atoms with Crippen LogP contribution in [-0.2, 0) is 14.3 Å². The number of morpholine rings is 1. The van der Waals surface area contributed by atoms with Gasteiger partial charge in [0.1, 0.15) is 0 Å². The van der Waals surface area contributed by atoms with E-state index in [0.717, 1.165) is 52.1 Å². The second-order valence-electron chi connectivity index (χ2n) is 3.84. The zero-order chi connectivity index (χ0) is 10.9. The van der Waals surface area contributed by atoms with Crippen LogP contribution in [0.4, 0.5) is 0 Å². The quantitative estimate of drug-likeness (QED) is 0.490. The van der Waals surface area contributed by atoms with Crippen LogP contribution in [0.1, 0.15) is 25.7 Å². The Morgan fingerprint density at radius 1 is 1.27 bits per heavy atom. The second-order valence-corrected chi connectivity index (χ2v) is 3.84. The van der Waals surface area contributed by atoms with E-state index in [9.17, 15) is 4.79 Å². The molecule has 15 heavy (non-hydrogen) atoms. The molecule has 0 saturated carbocycles. The summed E-state index contributed by atoms with van der Waals surface area (Å²) < 4.78 is 9.85. The maximum absolute atomic E-state index is 10.8. The van der Waals surface area contributed by atoms with Crippen molar-refractivity contribution < 1.29 is 14.3 Å². The van der Waals surface area contributed by atoms with Crippen LogP contribution in [0.15, 0.2) is 0 Å². The van der Waals surface area contributed by atoms with Crippen LogP contribution in [0, 0.1) is 0 Å². The average Bonchev–Trinajstić information content (AvgIpc) is 2.29. The number of carbonyl (C=O) groups is 1. The van der Waals surface area contributed by atoms with Gasteiger partial charge in [-0.3, -0.25) is 9.69 Å². The van der Waals surface area contributed by atoms with Crippen LogP contribution in [0.3, 0.4) is 0 Å². The Morgan fingerprint density at radius 2 is 2.00 bits per heavy atom. The van der Waals surface area contributed by atoms with E-state index < -0.39 is 0 Å². The number of unbranched alkanes of at least 4 members (excludes halogenated alkanes) is 2. The van der Waals surface area contributed by atoms with Gasteiger partial charge < -0.3 is 9.47 Å². The molecule has 0 N–H and O–H groups in total. The number of hydrogen-bond acceptors (Lipinski definition) is 4. The number of carbonyl (C=O) groups excluding carboxylic acids is 1. The van der Waals surface area contributed by atoms with Crippen LogP contribution in [-0.4, -0.2) is 50.8 Å². The van der Waals surface area contributed by atoms with Gasteiger partial charge in [-0.2, -0.15) is 0 Å². The summed E-state index contributed by atoms with van der Waals surface area (Å²) in [5.74, 6) is -0.0960. The molecule has 1 aliphatic rings. The molecule has 0 aliphatic carbocycles. The van der Waals surface area contributed by atoms with Gasteiger partial charge in [0, 0.05) is 19.5 Å². The lowest BCUT2D eigenvalue weighted by molar-refractivity contribution is -0.140. The minimum absolute atomic E-state index is 0.0960. The number of ether oxygens (including phenoxy) is 2. The Labute approximate surface area is 91.5 Å². The van der Waals surface area contributed by atoms with Crippen molar-refractivity contribution in [3.05, 3.63) is 0 Å². The number of methoxy groups -OCH3 is 1. The van der Waals surface area contributed by atoms with E-state index in [1.165, 1.54) is 7.11 Å². The fourth-order valence-electron chi connectivity index (χ4n) is 1.71. The van der Waals surface area contributed by atoms with Crippen LogP contribution >= 0.6 is 0 Å². The van der Waals surface area contributed by atoms with Gasteiger partial charge in [0.25, 0.3) is 0 Å². The van der Waals surface area contributed by atoms with E-state index in [1.807, 2.05) is 0 Å².